The van der Waals surface area contributed by atoms with E-state index in [2.05, 4.69) is 20.1 Å². The number of anilines is 1. The van der Waals surface area contributed by atoms with Crippen LogP contribution in [0, 0.1) is 16.7 Å². The topological polar surface area (TPSA) is 124 Å². The molecule has 0 saturated carbocycles. The van der Waals surface area contributed by atoms with Gasteiger partial charge in [-0.05, 0) is 23.7 Å². The standard InChI is InChI=1S/C11H9N7S/c12-5-9(11(13)14)16-15-8-3-1-7(2-4-8)10-6-19-18-17-10/h1-4,6,15H,(H3,13,14)/b16-9+. The highest BCUT2D eigenvalue weighted by atomic mass is 32.1. The molecule has 94 valence electrons. The first-order valence-corrected chi connectivity index (χ1v) is 6.00. The van der Waals surface area contributed by atoms with Crippen molar-refractivity contribution in [3.8, 4) is 17.3 Å². The van der Waals surface area contributed by atoms with Crippen molar-refractivity contribution in [2.75, 3.05) is 5.43 Å². The quantitative estimate of drug-likeness (QED) is 0.441. The maximum absolute atomic E-state index is 8.69. The molecule has 0 amide bonds. The van der Waals surface area contributed by atoms with Crippen LogP contribution in [0.15, 0.2) is 34.7 Å². The number of amidine groups is 1. The summed E-state index contributed by atoms with van der Waals surface area (Å²) < 4.78 is 3.79. The summed E-state index contributed by atoms with van der Waals surface area (Å²) in [5.41, 5.74) is 10.1. The molecule has 1 aromatic heterocycles. The van der Waals surface area contributed by atoms with Crippen LogP contribution in [0.3, 0.4) is 0 Å². The summed E-state index contributed by atoms with van der Waals surface area (Å²) in [5.74, 6) is -0.375. The maximum Gasteiger partial charge on any atom is 0.201 e. The van der Waals surface area contributed by atoms with E-state index in [0.29, 0.717) is 5.69 Å². The summed E-state index contributed by atoms with van der Waals surface area (Å²) in [6.07, 6.45) is 0. The normalized spacial score (nSPS) is 10.8. The molecular formula is C11H9N7S. The molecule has 2 aromatic rings. The van der Waals surface area contributed by atoms with Crippen LogP contribution in [0.4, 0.5) is 5.69 Å². The lowest BCUT2D eigenvalue weighted by Crippen LogP contribution is -2.21. The predicted molar refractivity (Wildman–Crippen MR) is 73.9 cm³/mol. The SMILES string of the molecule is N#C/C(=N\Nc1ccc(-c2csnn2)cc1)C(=N)N. The zero-order valence-corrected chi connectivity index (χ0v) is 10.5. The average molecular weight is 271 g/mol. The van der Waals surface area contributed by atoms with Crippen LogP contribution in [0.2, 0.25) is 0 Å². The van der Waals surface area contributed by atoms with E-state index in [4.69, 9.17) is 16.4 Å². The van der Waals surface area contributed by atoms with Gasteiger partial charge in [-0.25, -0.2) is 0 Å². The first-order chi connectivity index (χ1) is 9.20. The molecule has 1 aromatic carbocycles. The van der Waals surface area contributed by atoms with E-state index in [1.807, 2.05) is 17.5 Å². The Balaban J connectivity index is 2.12. The third kappa shape index (κ3) is 3.11. The van der Waals surface area contributed by atoms with Crippen molar-refractivity contribution >= 4 is 28.8 Å². The van der Waals surface area contributed by atoms with Gasteiger partial charge in [0.05, 0.1) is 5.69 Å². The molecule has 0 radical (unpaired) electrons. The number of nitriles is 1. The summed E-state index contributed by atoms with van der Waals surface area (Å²) in [7, 11) is 0. The lowest BCUT2D eigenvalue weighted by Gasteiger charge is -2.02. The van der Waals surface area contributed by atoms with Crippen LogP contribution in [0.25, 0.3) is 11.3 Å². The second-order valence-corrected chi connectivity index (χ2v) is 4.08. The number of nitrogens with two attached hydrogens (primary N) is 1. The highest BCUT2D eigenvalue weighted by molar-refractivity contribution is 7.03. The number of nitrogens with zero attached hydrogens (tertiary/aromatic N) is 4. The molecule has 0 aliphatic carbocycles. The molecule has 0 bridgehead atoms. The number of nitrogens with one attached hydrogen (secondary N) is 2. The van der Waals surface area contributed by atoms with Crippen molar-refractivity contribution in [3.63, 3.8) is 0 Å². The first-order valence-electron chi connectivity index (χ1n) is 5.16. The van der Waals surface area contributed by atoms with Gasteiger partial charge in [-0.1, -0.05) is 16.6 Å². The number of benzene rings is 1. The fraction of sp³-hybridized carbons (Fsp3) is 0. The molecule has 0 saturated heterocycles. The Kier molecular flexibility index (Phi) is 3.80. The maximum atomic E-state index is 8.69. The predicted octanol–water partition coefficient (Wildman–Crippen LogP) is 1.43. The lowest BCUT2D eigenvalue weighted by molar-refractivity contribution is 1.16. The number of hydrazone groups is 1. The molecule has 19 heavy (non-hydrogen) atoms. The van der Waals surface area contributed by atoms with Crippen LogP contribution in [0.5, 0.6) is 0 Å². The molecule has 1 heterocycles. The second-order valence-electron chi connectivity index (χ2n) is 3.47. The van der Waals surface area contributed by atoms with Gasteiger partial charge in [0.1, 0.15) is 11.8 Å². The van der Waals surface area contributed by atoms with Crippen LogP contribution in [0.1, 0.15) is 0 Å². The molecule has 4 N–H and O–H groups in total. The lowest BCUT2D eigenvalue weighted by atomic mass is 10.1. The fourth-order valence-corrected chi connectivity index (χ4v) is 1.74. The minimum atomic E-state index is -0.375. The minimum Gasteiger partial charge on any atom is -0.382 e. The van der Waals surface area contributed by atoms with Crippen molar-refractivity contribution < 1.29 is 0 Å². The zero-order valence-electron chi connectivity index (χ0n) is 9.66. The first kappa shape index (κ1) is 12.7. The molecule has 0 aliphatic rings. The largest absolute Gasteiger partial charge is 0.382 e. The van der Waals surface area contributed by atoms with Gasteiger partial charge in [0.15, 0.2) is 5.84 Å². The highest BCUT2D eigenvalue weighted by Crippen LogP contribution is 2.19. The Morgan fingerprint density at radius 3 is 2.68 bits per heavy atom. The fourth-order valence-electron chi connectivity index (χ4n) is 1.27. The molecule has 0 atom stereocenters. The second kappa shape index (κ2) is 5.70. The summed E-state index contributed by atoms with van der Waals surface area (Å²) in [5, 5.41) is 25.3. The van der Waals surface area contributed by atoms with E-state index >= 15 is 0 Å². The van der Waals surface area contributed by atoms with E-state index in [9.17, 15) is 0 Å². The van der Waals surface area contributed by atoms with Crippen molar-refractivity contribution in [1.82, 2.24) is 9.59 Å². The third-order valence-corrected chi connectivity index (χ3v) is 2.70. The van der Waals surface area contributed by atoms with Crippen LogP contribution < -0.4 is 11.2 Å². The molecule has 0 spiro atoms. The minimum absolute atomic E-state index is 0.159. The highest BCUT2D eigenvalue weighted by Gasteiger charge is 2.02. The van der Waals surface area contributed by atoms with E-state index in [1.54, 1.807) is 18.2 Å². The van der Waals surface area contributed by atoms with E-state index in [-0.39, 0.29) is 11.5 Å². The van der Waals surface area contributed by atoms with Crippen molar-refractivity contribution in [3.05, 3.63) is 29.6 Å². The monoisotopic (exact) mass is 271 g/mol. The van der Waals surface area contributed by atoms with Gasteiger partial charge in [-0.15, -0.1) is 5.10 Å². The molecule has 8 heteroatoms. The van der Waals surface area contributed by atoms with Crippen molar-refractivity contribution in [2.45, 2.75) is 0 Å². The number of rotatable bonds is 4. The van der Waals surface area contributed by atoms with Crippen LogP contribution >= 0.6 is 11.5 Å². The van der Waals surface area contributed by atoms with Crippen molar-refractivity contribution in [2.24, 2.45) is 10.8 Å². The van der Waals surface area contributed by atoms with Crippen LogP contribution in [-0.4, -0.2) is 21.1 Å². The van der Waals surface area contributed by atoms with Gasteiger partial charge >= 0.3 is 0 Å². The Morgan fingerprint density at radius 1 is 1.42 bits per heavy atom. The molecule has 2 rings (SSSR count). The smallest absolute Gasteiger partial charge is 0.201 e. The summed E-state index contributed by atoms with van der Waals surface area (Å²) >= 11 is 1.29. The van der Waals surface area contributed by atoms with E-state index in [0.717, 1.165) is 11.3 Å². The molecular weight excluding hydrogens is 262 g/mol. The number of aromatic nitrogens is 2. The summed E-state index contributed by atoms with van der Waals surface area (Å²) in [6.45, 7) is 0. The van der Waals surface area contributed by atoms with E-state index in [1.165, 1.54) is 11.5 Å². The Labute approximate surface area is 113 Å². The molecule has 0 fully saturated rings. The average Bonchev–Trinajstić information content (AvgIpc) is 2.94. The van der Waals surface area contributed by atoms with Crippen LogP contribution in [-0.2, 0) is 0 Å². The van der Waals surface area contributed by atoms with Crippen molar-refractivity contribution in [1.29, 1.82) is 10.7 Å². The van der Waals surface area contributed by atoms with E-state index < -0.39 is 0 Å². The number of hydrogen-bond donors (Lipinski definition) is 3. The summed E-state index contributed by atoms with van der Waals surface area (Å²) in [4.78, 5) is 0. The van der Waals surface area contributed by atoms with Gasteiger partial charge in [0.25, 0.3) is 0 Å². The number of hydrogen-bond acceptors (Lipinski definition) is 7. The third-order valence-electron chi connectivity index (χ3n) is 2.20. The summed E-state index contributed by atoms with van der Waals surface area (Å²) in [6, 6.07) is 9.01. The Bertz CT molecular complexity index is 637. The van der Waals surface area contributed by atoms with Gasteiger partial charge in [0.2, 0.25) is 5.71 Å². The molecule has 0 unspecified atom stereocenters. The molecule has 0 aliphatic heterocycles. The Hall–Kier alpha value is -2.79. The van der Waals surface area contributed by atoms with Gasteiger partial charge in [0, 0.05) is 10.9 Å². The zero-order chi connectivity index (χ0) is 13.7. The molecule has 7 nitrogen and oxygen atoms in total. The van der Waals surface area contributed by atoms with Gasteiger partial charge in [-0.2, -0.15) is 10.4 Å². The van der Waals surface area contributed by atoms with Gasteiger partial charge in [-0.3, -0.25) is 10.8 Å². The Morgan fingerprint density at radius 2 is 2.16 bits per heavy atom. The van der Waals surface area contributed by atoms with Gasteiger partial charge < -0.3 is 5.73 Å².